The predicted octanol–water partition coefficient (Wildman–Crippen LogP) is 0.530. The topological polar surface area (TPSA) is 50.4 Å². The van der Waals surface area contributed by atoms with Crippen LogP contribution in [0.15, 0.2) is 18.5 Å². The summed E-state index contributed by atoms with van der Waals surface area (Å²) in [6.45, 7) is 1.91. The quantitative estimate of drug-likeness (QED) is 0.667. The van der Waals surface area contributed by atoms with E-state index in [9.17, 15) is 0 Å². The highest BCUT2D eigenvalue weighted by Crippen LogP contribution is 2.04. The molecule has 4 heteroatoms. The highest BCUT2D eigenvalue weighted by atomic mass is 16.3. The van der Waals surface area contributed by atoms with Gasteiger partial charge in [0.05, 0.1) is 12.3 Å². The van der Waals surface area contributed by atoms with E-state index in [4.69, 9.17) is 5.11 Å². The smallest absolute Gasteiger partial charge is 0.155 e. The number of fused-ring (bicyclic) bond motifs is 1. The highest BCUT2D eigenvalue weighted by molar-refractivity contribution is 5.38. The standard InChI is InChI=1S/C8H9N3O/c1-6-3-9-8-2-7(5-12)10-11(8)4-6/h2-4,12H,5H2,1H3. The van der Waals surface area contributed by atoms with Crippen LogP contribution < -0.4 is 0 Å². The number of hydrogen-bond acceptors (Lipinski definition) is 3. The van der Waals surface area contributed by atoms with Crippen molar-refractivity contribution in [1.82, 2.24) is 14.6 Å². The molecule has 2 rings (SSSR count). The van der Waals surface area contributed by atoms with Crippen molar-refractivity contribution < 1.29 is 5.11 Å². The second-order valence-corrected chi connectivity index (χ2v) is 2.73. The molecule has 2 heterocycles. The van der Waals surface area contributed by atoms with E-state index < -0.39 is 0 Å². The van der Waals surface area contributed by atoms with Crippen LogP contribution >= 0.6 is 0 Å². The van der Waals surface area contributed by atoms with E-state index in [2.05, 4.69) is 10.1 Å². The molecule has 62 valence electrons. The van der Waals surface area contributed by atoms with Crippen molar-refractivity contribution in [3.63, 3.8) is 0 Å². The summed E-state index contributed by atoms with van der Waals surface area (Å²) >= 11 is 0. The molecule has 0 bridgehead atoms. The van der Waals surface area contributed by atoms with Crippen molar-refractivity contribution in [1.29, 1.82) is 0 Å². The molecule has 1 N–H and O–H groups in total. The summed E-state index contributed by atoms with van der Waals surface area (Å²) in [7, 11) is 0. The zero-order valence-electron chi connectivity index (χ0n) is 6.73. The zero-order valence-corrected chi connectivity index (χ0v) is 6.73. The second kappa shape index (κ2) is 2.57. The molecule has 0 radical (unpaired) electrons. The molecule has 0 atom stereocenters. The average molecular weight is 163 g/mol. The summed E-state index contributed by atoms with van der Waals surface area (Å²) < 4.78 is 1.67. The Labute approximate surface area is 69.5 Å². The Balaban J connectivity index is 2.67. The van der Waals surface area contributed by atoms with Crippen LogP contribution in [-0.4, -0.2) is 19.7 Å². The van der Waals surface area contributed by atoms with Crippen LogP contribution in [0.5, 0.6) is 0 Å². The first-order chi connectivity index (χ1) is 5.79. The van der Waals surface area contributed by atoms with Crippen molar-refractivity contribution in [2.75, 3.05) is 0 Å². The van der Waals surface area contributed by atoms with E-state index >= 15 is 0 Å². The van der Waals surface area contributed by atoms with Crippen molar-refractivity contribution >= 4 is 5.65 Å². The minimum absolute atomic E-state index is 0.0393. The van der Waals surface area contributed by atoms with Crippen molar-refractivity contribution in [2.45, 2.75) is 13.5 Å². The van der Waals surface area contributed by atoms with Gasteiger partial charge in [0.15, 0.2) is 5.65 Å². The van der Waals surface area contributed by atoms with Gasteiger partial charge in [0, 0.05) is 18.5 Å². The Bertz CT molecular complexity index is 408. The van der Waals surface area contributed by atoms with Gasteiger partial charge in [-0.3, -0.25) is 0 Å². The molecule has 0 aliphatic heterocycles. The molecule has 4 nitrogen and oxygen atoms in total. The maximum atomic E-state index is 8.80. The van der Waals surface area contributed by atoms with Gasteiger partial charge in [0.2, 0.25) is 0 Å². The Morgan fingerprint density at radius 1 is 1.58 bits per heavy atom. The fraction of sp³-hybridized carbons (Fsp3) is 0.250. The van der Waals surface area contributed by atoms with Crippen LogP contribution in [0.3, 0.4) is 0 Å². The minimum Gasteiger partial charge on any atom is -0.390 e. The van der Waals surface area contributed by atoms with E-state index in [1.54, 1.807) is 16.8 Å². The Morgan fingerprint density at radius 2 is 2.42 bits per heavy atom. The fourth-order valence-corrected chi connectivity index (χ4v) is 1.10. The van der Waals surface area contributed by atoms with Crippen molar-refractivity contribution in [2.24, 2.45) is 0 Å². The number of aliphatic hydroxyl groups excluding tert-OH is 1. The van der Waals surface area contributed by atoms with Gasteiger partial charge >= 0.3 is 0 Å². The van der Waals surface area contributed by atoms with Gasteiger partial charge < -0.3 is 5.11 Å². The van der Waals surface area contributed by atoms with Crippen molar-refractivity contribution in [3.05, 3.63) is 29.7 Å². The molecule has 0 amide bonds. The minimum atomic E-state index is -0.0393. The average Bonchev–Trinajstić information content (AvgIpc) is 2.46. The lowest BCUT2D eigenvalue weighted by atomic mass is 10.4. The molecule has 0 aromatic carbocycles. The molecule has 0 fully saturated rings. The van der Waals surface area contributed by atoms with Crippen LogP contribution in [0.4, 0.5) is 0 Å². The summed E-state index contributed by atoms with van der Waals surface area (Å²) in [4.78, 5) is 4.14. The molecule has 0 aliphatic carbocycles. The van der Waals surface area contributed by atoms with Gasteiger partial charge in [-0.25, -0.2) is 9.50 Å². The van der Waals surface area contributed by atoms with Crippen LogP contribution in [0.2, 0.25) is 0 Å². The number of aliphatic hydroxyl groups is 1. The predicted molar refractivity (Wildman–Crippen MR) is 43.6 cm³/mol. The molecular weight excluding hydrogens is 154 g/mol. The summed E-state index contributed by atoms with van der Waals surface area (Å²) in [6.07, 6.45) is 3.65. The van der Waals surface area contributed by atoms with E-state index in [0.29, 0.717) is 5.69 Å². The molecule has 0 aliphatic rings. The fourth-order valence-electron chi connectivity index (χ4n) is 1.10. The third-order valence-electron chi connectivity index (χ3n) is 1.65. The van der Waals surface area contributed by atoms with Crippen LogP contribution in [0.25, 0.3) is 5.65 Å². The number of aromatic nitrogens is 3. The number of rotatable bonds is 1. The molecule has 0 saturated heterocycles. The molecule has 0 saturated carbocycles. The summed E-state index contributed by atoms with van der Waals surface area (Å²) in [5, 5.41) is 12.9. The normalized spacial score (nSPS) is 10.8. The van der Waals surface area contributed by atoms with E-state index in [1.807, 2.05) is 13.1 Å². The number of hydrogen-bond donors (Lipinski definition) is 1. The molecule has 0 unspecified atom stereocenters. The van der Waals surface area contributed by atoms with E-state index in [0.717, 1.165) is 11.2 Å². The van der Waals surface area contributed by atoms with Crippen molar-refractivity contribution in [3.8, 4) is 0 Å². The molecular formula is C8H9N3O. The van der Waals surface area contributed by atoms with E-state index in [1.165, 1.54) is 0 Å². The van der Waals surface area contributed by atoms with Gasteiger partial charge in [-0.1, -0.05) is 0 Å². The second-order valence-electron chi connectivity index (χ2n) is 2.73. The van der Waals surface area contributed by atoms with Crippen LogP contribution in [0, 0.1) is 6.92 Å². The Morgan fingerprint density at radius 3 is 3.17 bits per heavy atom. The first-order valence-electron chi connectivity index (χ1n) is 3.71. The summed E-state index contributed by atoms with van der Waals surface area (Å²) in [5.74, 6) is 0. The third-order valence-corrected chi connectivity index (χ3v) is 1.65. The maximum Gasteiger partial charge on any atom is 0.155 e. The van der Waals surface area contributed by atoms with Crippen LogP contribution in [0.1, 0.15) is 11.3 Å². The molecule has 12 heavy (non-hydrogen) atoms. The highest BCUT2D eigenvalue weighted by Gasteiger charge is 1.99. The lowest BCUT2D eigenvalue weighted by Crippen LogP contribution is -1.91. The Kier molecular flexibility index (Phi) is 1.55. The van der Waals surface area contributed by atoms with Gasteiger partial charge in [0.25, 0.3) is 0 Å². The largest absolute Gasteiger partial charge is 0.390 e. The van der Waals surface area contributed by atoms with Gasteiger partial charge in [0.1, 0.15) is 0 Å². The van der Waals surface area contributed by atoms with Gasteiger partial charge in [-0.2, -0.15) is 5.10 Å². The Hall–Kier alpha value is -1.42. The third kappa shape index (κ3) is 1.06. The first kappa shape index (κ1) is 7.24. The number of aryl methyl sites for hydroxylation is 1. The van der Waals surface area contributed by atoms with Crippen LogP contribution in [-0.2, 0) is 6.61 Å². The maximum absolute atomic E-state index is 8.80. The van der Waals surface area contributed by atoms with E-state index in [-0.39, 0.29) is 6.61 Å². The monoisotopic (exact) mass is 163 g/mol. The molecule has 2 aromatic heterocycles. The SMILES string of the molecule is Cc1cnc2cc(CO)nn2c1. The zero-order chi connectivity index (χ0) is 8.55. The molecule has 2 aromatic rings. The lowest BCUT2D eigenvalue weighted by molar-refractivity contribution is 0.276. The summed E-state index contributed by atoms with van der Waals surface area (Å²) in [6, 6.07) is 1.76. The number of nitrogens with zero attached hydrogens (tertiary/aromatic N) is 3. The molecule has 0 spiro atoms. The van der Waals surface area contributed by atoms with Gasteiger partial charge in [-0.05, 0) is 12.5 Å². The van der Waals surface area contributed by atoms with Gasteiger partial charge in [-0.15, -0.1) is 0 Å². The lowest BCUT2D eigenvalue weighted by Gasteiger charge is -1.92. The summed E-state index contributed by atoms with van der Waals surface area (Å²) in [5.41, 5.74) is 2.47. The first-order valence-corrected chi connectivity index (χ1v) is 3.71.